The summed E-state index contributed by atoms with van der Waals surface area (Å²) in [5.74, 6) is 0.516. The van der Waals surface area contributed by atoms with Gasteiger partial charge in [0.1, 0.15) is 0 Å². The Bertz CT molecular complexity index is 1120. The zero-order chi connectivity index (χ0) is 28.4. The number of benzene rings is 2. The van der Waals surface area contributed by atoms with Crippen molar-refractivity contribution in [3.05, 3.63) is 71.3 Å². The highest BCUT2D eigenvalue weighted by atomic mass is 19.4. The van der Waals surface area contributed by atoms with E-state index in [1.54, 1.807) is 19.1 Å². The first-order chi connectivity index (χ1) is 18.3. The van der Waals surface area contributed by atoms with Crippen LogP contribution in [0.25, 0.3) is 0 Å². The van der Waals surface area contributed by atoms with Gasteiger partial charge in [0.05, 0.1) is 11.6 Å². The average Bonchev–Trinajstić information content (AvgIpc) is 2.89. The van der Waals surface area contributed by atoms with E-state index in [9.17, 15) is 22.8 Å². The highest BCUT2D eigenvalue weighted by Gasteiger charge is 2.41. The molecule has 0 aliphatic carbocycles. The summed E-state index contributed by atoms with van der Waals surface area (Å²) in [6.07, 6.45) is -2.21. The van der Waals surface area contributed by atoms with Gasteiger partial charge in [0, 0.05) is 52.1 Å². The molecule has 2 aliphatic heterocycles. The predicted molar refractivity (Wildman–Crippen MR) is 146 cm³/mol. The van der Waals surface area contributed by atoms with Crippen LogP contribution in [0.2, 0.25) is 0 Å². The molecular weight excluding hydrogens is 503 g/mol. The monoisotopic (exact) mass is 543 g/mol. The summed E-state index contributed by atoms with van der Waals surface area (Å²) < 4.78 is 39.8. The molecular formula is C31H40F3N3O2. The van der Waals surface area contributed by atoms with Gasteiger partial charge in [-0.05, 0) is 47.4 Å². The summed E-state index contributed by atoms with van der Waals surface area (Å²) >= 11 is 0. The van der Waals surface area contributed by atoms with E-state index in [-0.39, 0.29) is 35.2 Å². The van der Waals surface area contributed by atoms with Crippen LogP contribution in [0.1, 0.15) is 69.7 Å². The van der Waals surface area contributed by atoms with Gasteiger partial charge in [-0.1, -0.05) is 63.2 Å². The number of rotatable bonds is 5. The summed E-state index contributed by atoms with van der Waals surface area (Å²) in [4.78, 5) is 31.5. The number of piperidine rings is 1. The minimum absolute atomic E-state index is 0.0447. The fourth-order valence-corrected chi connectivity index (χ4v) is 6.00. The minimum atomic E-state index is -4.38. The number of piperazine rings is 1. The molecule has 0 N–H and O–H groups in total. The van der Waals surface area contributed by atoms with E-state index in [4.69, 9.17) is 0 Å². The first-order valence-corrected chi connectivity index (χ1v) is 13.9. The van der Waals surface area contributed by atoms with Gasteiger partial charge in [-0.2, -0.15) is 13.2 Å². The molecule has 2 fully saturated rings. The lowest BCUT2D eigenvalue weighted by Gasteiger charge is -2.50. The van der Waals surface area contributed by atoms with Crippen LogP contribution in [-0.2, 0) is 15.8 Å². The molecule has 0 radical (unpaired) electrons. The van der Waals surface area contributed by atoms with Crippen molar-refractivity contribution in [3.63, 3.8) is 0 Å². The minimum Gasteiger partial charge on any atom is -0.343 e. The van der Waals surface area contributed by atoms with E-state index in [0.717, 1.165) is 36.1 Å². The molecule has 2 aliphatic rings. The number of nitrogens with zero attached hydrogens (tertiary/aromatic N) is 3. The Hall–Kier alpha value is -2.87. The summed E-state index contributed by atoms with van der Waals surface area (Å²) in [6, 6.07) is 15.1. The Morgan fingerprint density at radius 1 is 0.872 bits per heavy atom. The number of carbonyl (C=O) groups is 2. The highest BCUT2D eigenvalue weighted by molar-refractivity contribution is 5.77. The summed E-state index contributed by atoms with van der Waals surface area (Å²) in [5.41, 5.74) is 0.976. The Kier molecular flexibility index (Phi) is 8.74. The number of hydrogen-bond donors (Lipinski definition) is 0. The number of likely N-dealkylation sites (tertiary alicyclic amines) is 1. The van der Waals surface area contributed by atoms with Crippen LogP contribution in [0, 0.1) is 11.3 Å². The maximum Gasteiger partial charge on any atom is 0.416 e. The molecule has 0 spiro atoms. The molecule has 8 heteroatoms. The Balaban J connectivity index is 1.54. The van der Waals surface area contributed by atoms with Crippen LogP contribution in [-0.4, -0.2) is 65.3 Å². The Morgan fingerprint density at radius 3 is 2.00 bits per heavy atom. The van der Waals surface area contributed by atoms with Crippen LogP contribution >= 0.6 is 0 Å². The van der Waals surface area contributed by atoms with Gasteiger partial charge in [0.15, 0.2) is 0 Å². The standard InChI is InChI=1S/C31H40F3N3O2/c1-22(38)35-16-14-23(15-17-35)20-28(39)37-19-18-36(21-27(37)30(2,3)4)29(24-8-6-5-7-9-24)25-10-12-26(13-11-25)31(32,33)34/h5-13,23,27,29H,14-21H2,1-4H3/t27-,29?/m1/s1. The first-order valence-electron chi connectivity index (χ1n) is 13.9. The van der Waals surface area contributed by atoms with E-state index >= 15 is 0 Å². The van der Waals surface area contributed by atoms with E-state index < -0.39 is 11.7 Å². The number of amides is 2. The van der Waals surface area contributed by atoms with Crippen LogP contribution in [0.5, 0.6) is 0 Å². The van der Waals surface area contributed by atoms with Crippen molar-refractivity contribution in [2.24, 2.45) is 11.3 Å². The van der Waals surface area contributed by atoms with Gasteiger partial charge in [0.25, 0.3) is 0 Å². The van der Waals surface area contributed by atoms with Crippen molar-refractivity contribution in [1.82, 2.24) is 14.7 Å². The zero-order valence-corrected chi connectivity index (χ0v) is 23.4. The van der Waals surface area contributed by atoms with Crippen molar-refractivity contribution >= 4 is 11.8 Å². The van der Waals surface area contributed by atoms with Crippen LogP contribution in [0.3, 0.4) is 0 Å². The number of carbonyl (C=O) groups excluding carboxylic acids is 2. The van der Waals surface area contributed by atoms with Gasteiger partial charge < -0.3 is 9.80 Å². The van der Waals surface area contributed by atoms with E-state index in [2.05, 4.69) is 25.7 Å². The predicted octanol–water partition coefficient (Wildman–Crippen LogP) is 6.00. The molecule has 2 saturated heterocycles. The molecule has 39 heavy (non-hydrogen) atoms. The largest absolute Gasteiger partial charge is 0.416 e. The first kappa shape index (κ1) is 29.1. The number of halogens is 3. The van der Waals surface area contributed by atoms with Crippen LogP contribution < -0.4 is 0 Å². The van der Waals surface area contributed by atoms with Crippen LogP contribution in [0.15, 0.2) is 54.6 Å². The molecule has 1 unspecified atom stereocenters. The fourth-order valence-electron chi connectivity index (χ4n) is 6.00. The van der Waals surface area contributed by atoms with Crippen molar-refractivity contribution < 1.29 is 22.8 Å². The summed E-state index contributed by atoms with van der Waals surface area (Å²) in [6.45, 7) is 11.2. The molecule has 2 amide bonds. The van der Waals surface area contributed by atoms with Gasteiger partial charge in [0.2, 0.25) is 11.8 Å². The molecule has 0 aromatic heterocycles. The van der Waals surface area contributed by atoms with Crippen LogP contribution in [0.4, 0.5) is 13.2 Å². The molecule has 5 nitrogen and oxygen atoms in total. The fraction of sp³-hybridized carbons (Fsp3) is 0.548. The van der Waals surface area contributed by atoms with Crippen molar-refractivity contribution in [2.45, 2.75) is 65.2 Å². The molecule has 2 heterocycles. The summed E-state index contributed by atoms with van der Waals surface area (Å²) in [5, 5.41) is 0. The second-order valence-corrected chi connectivity index (χ2v) is 12.1. The van der Waals surface area contributed by atoms with Crippen molar-refractivity contribution in [2.75, 3.05) is 32.7 Å². The lowest BCUT2D eigenvalue weighted by Crippen LogP contribution is -2.60. The lowest BCUT2D eigenvalue weighted by atomic mass is 9.82. The lowest BCUT2D eigenvalue weighted by molar-refractivity contribution is -0.141. The number of hydrogen-bond acceptors (Lipinski definition) is 3. The normalized spacial score (nSPS) is 20.6. The van der Waals surface area contributed by atoms with E-state index in [1.165, 1.54) is 0 Å². The van der Waals surface area contributed by atoms with Crippen molar-refractivity contribution in [1.29, 1.82) is 0 Å². The molecule has 0 bridgehead atoms. The third-order valence-electron chi connectivity index (χ3n) is 8.29. The third-order valence-corrected chi connectivity index (χ3v) is 8.29. The quantitative estimate of drug-likeness (QED) is 0.465. The summed E-state index contributed by atoms with van der Waals surface area (Å²) in [7, 11) is 0. The molecule has 2 aromatic rings. The molecule has 2 atom stereocenters. The van der Waals surface area contributed by atoms with Gasteiger partial charge >= 0.3 is 6.18 Å². The molecule has 0 saturated carbocycles. The SMILES string of the molecule is CC(=O)N1CCC(CC(=O)N2CCN(C(c3ccccc3)c3ccc(C(F)(F)F)cc3)C[C@@H]2C(C)(C)C)CC1. The van der Waals surface area contributed by atoms with E-state index in [1.807, 2.05) is 40.1 Å². The second-order valence-electron chi connectivity index (χ2n) is 12.1. The molecule has 4 rings (SSSR count). The molecule has 212 valence electrons. The average molecular weight is 544 g/mol. The second kappa shape index (κ2) is 11.7. The maximum absolute atomic E-state index is 13.6. The number of alkyl halides is 3. The van der Waals surface area contributed by atoms with Crippen molar-refractivity contribution in [3.8, 4) is 0 Å². The van der Waals surface area contributed by atoms with E-state index in [0.29, 0.717) is 39.1 Å². The maximum atomic E-state index is 13.6. The van der Waals surface area contributed by atoms with Gasteiger partial charge in [-0.15, -0.1) is 0 Å². The van der Waals surface area contributed by atoms with Gasteiger partial charge in [-0.3, -0.25) is 14.5 Å². The third kappa shape index (κ3) is 7.02. The topological polar surface area (TPSA) is 43.9 Å². The molecule has 2 aromatic carbocycles. The highest BCUT2D eigenvalue weighted by Crippen LogP contribution is 2.37. The Morgan fingerprint density at radius 2 is 1.46 bits per heavy atom. The van der Waals surface area contributed by atoms with Gasteiger partial charge in [-0.25, -0.2) is 0 Å². The zero-order valence-electron chi connectivity index (χ0n) is 23.4. The smallest absolute Gasteiger partial charge is 0.343 e. The Labute approximate surface area is 230 Å².